The van der Waals surface area contributed by atoms with E-state index in [1.165, 1.54) is 12.1 Å². The van der Waals surface area contributed by atoms with Crippen molar-refractivity contribution in [3.8, 4) is 5.75 Å². The van der Waals surface area contributed by atoms with Crippen LogP contribution in [0.2, 0.25) is 0 Å². The van der Waals surface area contributed by atoms with E-state index in [4.69, 9.17) is 9.15 Å². The molecule has 1 amide bonds. The van der Waals surface area contributed by atoms with Crippen molar-refractivity contribution in [3.05, 3.63) is 63.9 Å². The van der Waals surface area contributed by atoms with Crippen LogP contribution in [0.3, 0.4) is 0 Å². The Bertz CT molecular complexity index is 995. The Hall–Kier alpha value is -3.55. The fourth-order valence-electron chi connectivity index (χ4n) is 2.84. The fraction of sp³-hybridized carbons (Fsp3) is 0.250. The third-order valence-corrected chi connectivity index (χ3v) is 4.24. The maximum Gasteiger partial charge on any atom is 0.287 e. The van der Waals surface area contributed by atoms with Crippen LogP contribution in [0.25, 0.3) is 11.0 Å². The molecule has 8 heteroatoms. The van der Waals surface area contributed by atoms with Crippen molar-refractivity contribution in [2.45, 2.75) is 13.8 Å². The van der Waals surface area contributed by atoms with Crippen molar-refractivity contribution in [1.82, 2.24) is 5.32 Å². The number of nitrogens with one attached hydrogen (secondary N) is 2. The highest BCUT2D eigenvalue weighted by Crippen LogP contribution is 2.28. The minimum atomic E-state index is -0.447. The van der Waals surface area contributed by atoms with Crippen molar-refractivity contribution in [3.63, 3.8) is 0 Å². The maximum atomic E-state index is 12.4. The summed E-state index contributed by atoms with van der Waals surface area (Å²) in [5.41, 5.74) is 2.17. The highest BCUT2D eigenvalue weighted by molar-refractivity contribution is 5.99. The first-order valence-electron chi connectivity index (χ1n) is 8.92. The Labute approximate surface area is 161 Å². The number of nitro groups is 1. The van der Waals surface area contributed by atoms with E-state index in [9.17, 15) is 14.9 Å². The molecule has 2 aromatic carbocycles. The van der Waals surface area contributed by atoms with Crippen molar-refractivity contribution >= 4 is 28.3 Å². The molecule has 8 nitrogen and oxygen atoms in total. The van der Waals surface area contributed by atoms with E-state index in [1.54, 1.807) is 18.2 Å². The first kappa shape index (κ1) is 19.2. The quantitative estimate of drug-likeness (QED) is 0.347. The molecule has 0 aliphatic rings. The lowest BCUT2D eigenvalue weighted by Gasteiger charge is -2.07. The summed E-state index contributed by atoms with van der Waals surface area (Å²) in [6, 6.07) is 11.6. The summed E-state index contributed by atoms with van der Waals surface area (Å²) in [5, 5.41) is 17.4. The number of nitrogens with zero attached hydrogens (tertiary/aromatic N) is 1. The molecule has 1 heterocycles. The highest BCUT2D eigenvalue weighted by Gasteiger charge is 2.17. The van der Waals surface area contributed by atoms with Gasteiger partial charge < -0.3 is 19.8 Å². The van der Waals surface area contributed by atoms with Crippen LogP contribution < -0.4 is 15.4 Å². The number of aryl methyl sites for hydroxylation is 1. The monoisotopic (exact) mass is 383 g/mol. The highest BCUT2D eigenvalue weighted by atomic mass is 16.6. The fourth-order valence-corrected chi connectivity index (χ4v) is 2.84. The minimum absolute atomic E-state index is 0.0340. The molecular weight excluding hydrogens is 362 g/mol. The van der Waals surface area contributed by atoms with Crippen LogP contribution >= 0.6 is 0 Å². The molecule has 0 aliphatic carbocycles. The van der Waals surface area contributed by atoms with Gasteiger partial charge in [0, 0.05) is 41.9 Å². The molecule has 0 saturated carbocycles. The first-order valence-corrected chi connectivity index (χ1v) is 8.92. The van der Waals surface area contributed by atoms with Crippen LogP contribution in [-0.2, 0) is 0 Å². The summed E-state index contributed by atoms with van der Waals surface area (Å²) in [6.07, 6.45) is 0. The standard InChI is InChI=1S/C20H21N3O5/c1-3-27-16-8-9-18-17(12-16)13(2)19(28-18)20(24)22-11-10-21-14-4-6-15(7-5-14)23(25)26/h4-9,12,21H,3,10-11H2,1-2H3,(H,22,24). The van der Waals surface area contributed by atoms with Gasteiger partial charge >= 0.3 is 0 Å². The number of rotatable bonds is 8. The zero-order valence-electron chi connectivity index (χ0n) is 15.7. The van der Waals surface area contributed by atoms with E-state index < -0.39 is 4.92 Å². The van der Waals surface area contributed by atoms with E-state index in [0.29, 0.717) is 25.3 Å². The summed E-state index contributed by atoms with van der Waals surface area (Å²) < 4.78 is 11.2. The Balaban J connectivity index is 1.57. The minimum Gasteiger partial charge on any atom is -0.494 e. The number of carbonyl (C=O) groups is 1. The van der Waals surface area contributed by atoms with Gasteiger partial charge in [-0.05, 0) is 44.2 Å². The van der Waals surface area contributed by atoms with E-state index in [2.05, 4.69) is 10.6 Å². The van der Waals surface area contributed by atoms with E-state index in [0.717, 1.165) is 22.4 Å². The molecule has 2 N–H and O–H groups in total. The number of ether oxygens (including phenoxy) is 1. The first-order chi connectivity index (χ1) is 13.5. The maximum absolute atomic E-state index is 12.4. The van der Waals surface area contributed by atoms with E-state index >= 15 is 0 Å². The van der Waals surface area contributed by atoms with Gasteiger partial charge in [-0.15, -0.1) is 0 Å². The van der Waals surface area contributed by atoms with Gasteiger partial charge in [0.25, 0.3) is 11.6 Å². The number of non-ortho nitro benzene ring substituents is 1. The lowest BCUT2D eigenvalue weighted by Crippen LogP contribution is -2.28. The van der Waals surface area contributed by atoms with E-state index in [-0.39, 0.29) is 17.4 Å². The number of fused-ring (bicyclic) bond motifs is 1. The average molecular weight is 383 g/mol. The largest absolute Gasteiger partial charge is 0.494 e. The van der Waals surface area contributed by atoms with Crippen molar-refractivity contribution < 1.29 is 18.9 Å². The third kappa shape index (κ3) is 4.22. The number of hydrogen-bond acceptors (Lipinski definition) is 6. The number of benzene rings is 2. The van der Waals surface area contributed by atoms with Gasteiger partial charge in [-0.1, -0.05) is 0 Å². The molecule has 146 valence electrons. The van der Waals surface area contributed by atoms with Crippen LogP contribution in [0.5, 0.6) is 5.75 Å². The van der Waals surface area contributed by atoms with Gasteiger partial charge in [0.15, 0.2) is 5.76 Å². The summed E-state index contributed by atoms with van der Waals surface area (Å²) in [5.74, 6) is 0.717. The normalized spacial score (nSPS) is 10.6. The zero-order chi connectivity index (χ0) is 20.1. The smallest absolute Gasteiger partial charge is 0.287 e. The van der Waals surface area contributed by atoms with Gasteiger partial charge in [-0.2, -0.15) is 0 Å². The van der Waals surface area contributed by atoms with Crippen LogP contribution in [0.4, 0.5) is 11.4 Å². The van der Waals surface area contributed by atoms with Gasteiger partial charge in [-0.25, -0.2) is 0 Å². The Morgan fingerprint density at radius 3 is 2.61 bits per heavy atom. The number of amides is 1. The average Bonchev–Trinajstić information content (AvgIpc) is 3.02. The SMILES string of the molecule is CCOc1ccc2oc(C(=O)NCCNc3ccc([N+](=O)[O-])cc3)c(C)c2c1. The molecule has 3 rings (SSSR count). The Morgan fingerprint density at radius 1 is 1.18 bits per heavy atom. The zero-order valence-corrected chi connectivity index (χ0v) is 15.7. The Morgan fingerprint density at radius 2 is 1.93 bits per heavy atom. The van der Waals surface area contributed by atoms with Crippen LogP contribution in [0.15, 0.2) is 46.9 Å². The third-order valence-electron chi connectivity index (χ3n) is 4.24. The molecule has 0 saturated heterocycles. The molecule has 28 heavy (non-hydrogen) atoms. The second kappa shape index (κ2) is 8.43. The van der Waals surface area contributed by atoms with Gasteiger partial charge in [0.05, 0.1) is 11.5 Å². The number of nitro benzene ring substituents is 1. The molecule has 0 atom stereocenters. The molecule has 0 bridgehead atoms. The second-order valence-electron chi connectivity index (χ2n) is 6.13. The molecule has 0 fully saturated rings. The van der Waals surface area contributed by atoms with Crippen LogP contribution in [0.1, 0.15) is 23.0 Å². The van der Waals surface area contributed by atoms with Gasteiger partial charge in [0.1, 0.15) is 11.3 Å². The molecule has 0 spiro atoms. The van der Waals surface area contributed by atoms with Crippen LogP contribution in [-0.4, -0.2) is 30.5 Å². The van der Waals surface area contributed by atoms with Crippen molar-refractivity contribution in [1.29, 1.82) is 0 Å². The number of anilines is 1. The number of hydrogen-bond donors (Lipinski definition) is 2. The van der Waals surface area contributed by atoms with E-state index in [1.807, 2.05) is 26.0 Å². The topological polar surface area (TPSA) is 107 Å². The molecule has 3 aromatic rings. The van der Waals surface area contributed by atoms with Crippen molar-refractivity contribution in [2.24, 2.45) is 0 Å². The predicted molar refractivity (Wildman–Crippen MR) is 106 cm³/mol. The van der Waals surface area contributed by atoms with Gasteiger partial charge in [0.2, 0.25) is 0 Å². The lowest BCUT2D eigenvalue weighted by atomic mass is 10.1. The molecule has 0 radical (unpaired) electrons. The summed E-state index contributed by atoms with van der Waals surface area (Å²) in [7, 11) is 0. The number of carbonyl (C=O) groups excluding carboxylic acids is 1. The van der Waals surface area contributed by atoms with Gasteiger partial charge in [-0.3, -0.25) is 14.9 Å². The molecule has 0 unspecified atom stereocenters. The lowest BCUT2D eigenvalue weighted by molar-refractivity contribution is -0.384. The van der Waals surface area contributed by atoms with Crippen molar-refractivity contribution in [2.75, 3.05) is 25.0 Å². The molecular formula is C20H21N3O5. The van der Waals surface area contributed by atoms with Crippen LogP contribution in [0, 0.1) is 17.0 Å². The number of furan rings is 1. The summed E-state index contributed by atoms with van der Waals surface area (Å²) in [6.45, 7) is 5.16. The Kier molecular flexibility index (Phi) is 5.78. The predicted octanol–water partition coefficient (Wildman–Crippen LogP) is 3.89. The summed E-state index contributed by atoms with van der Waals surface area (Å²) >= 11 is 0. The molecule has 1 aromatic heterocycles. The summed E-state index contributed by atoms with van der Waals surface area (Å²) in [4.78, 5) is 22.6. The second-order valence-corrected chi connectivity index (χ2v) is 6.13. The molecule has 0 aliphatic heterocycles.